The van der Waals surface area contributed by atoms with Crippen molar-refractivity contribution in [2.24, 2.45) is 11.8 Å². The number of fused-ring (bicyclic) bond motifs is 1. The molecule has 222 valence electrons. The van der Waals surface area contributed by atoms with Crippen LogP contribution in [0.1, 0.15) is 40.5 Å². The molecule has 7 nitrogen and oxygen atoms in total. The molecule has 0 spiro atoms. The summed E-state index contributed by atoms with van der Waals surface area (Å²) in [4.78, 5) is 27.7. The van der Waals surface area contributed by atoms with Crippen molar-refractivity contribution < 1.29 is 45.2 Å². The van der Waals surface area contributed by atoms with E-state index in [0.29, 0.717) is 12.9 Å². The standard InChI is InChI=1S/C28H20F3I3O7S/c29-20(28(30,31)42(37,38)39)9-10-40-26(35)23-21-14-5-1-3-7-16(14)22(17-8-4-2-6-15(17)21)24(23)27(36)41-25-18(33)11-13(32)12-19(25)34/h1-8,11-12,20-24H,9-10H2,(H,37,38,39)/p-1. The molecule has 14 heteroatoms. The highest BCUT2D eigenvalue weighted by molar-refractivity contribution is 14.1. The highest BCUT2D eigenvalue weighted by Gasteiger charge is 2.57. The fourth-order valence-electron chi connectivity index (χ4n) is 5.72. The lowest BCUT2D eigenvalue weighted by Crippen LogP contribution is -2.49. The number of rotatable bonds is 8. The number of ether oxygens (including phenoxy) is 2. The van der Waals surface area contributed by atoms with E-state index < -0.39 is 70.2 Å². The average molecular weight is 937 g/mol. The molecular weight excluding hydrogens is 918 g/mol. The fourth-order valence-corrected chi connectivity index (χ4v) is 9.96. The predicted molar refractivity (Wildman–Crippen MR) is 169 cm³/mol. The molecule has 3 aromatic carbocycles. The number of alkyl halides is 3. The Balaban J connectivity index is 1.51. The van der Waals surface area contributed by atoms with E-state index in [4.69, 9.17) is 9.47 Å². The maximum atomic E-state index is 14.1. The Labute approximate surface area is 280 Å². The van der Waals surface area contributed by atoms with Gasteiger partial charge in [0, 0.05) is 21.8 Å². The number of hydrogen-bond acceptors (Lipinski definition) is 7. The highest BCUT2D eigenvalue weighted by Crippen LogP contribution is 2.59. The second kappa shape index (κ2) is 12.1. The van der Waals surface area contributed by atoms with Crippen LogP contribution in [0.4, 0.5) is 13.2 Å². The van der Waals surface area contributed by atoms with Gasteiger partial charge in [0.2, 0.25) is 0 Å². The van der Waals surface area contributed by atoms with E-state index in [1.807, 2.05) is 48.5 Å². The summed E-state index contributed by atoms with van der Waals surface area (Å²) in [5, 5.41) is -5.19. The van der Waals surface area contributed by atoms with Gasteiger partial charge in [0.25, 0.3) is 0 Å². The summed E-state index contributed by atoms with van der Waals surface area (Å²) >= 11 is 6.25. The van der Waals surface area contributed by atoms with Crippen molar-refractivity contribution in [2.45, 2.75) is 29.7 Å². The average Bonchev–Trinajstić information content (AvgIpc) is 2.93. The highest BCUT2D eigenvalue weighted by atomic mass is 127. The Bertz CT molecular complexity index is 1610. The first-order valence-corrected chi connectivity index (χ1v) is 17.1. The van der Waals surface area contributed by atoms with Crippen LogP contribution in [0.3, 0.4) is 0 Å². The van der Waals surface area contributed by atoms with Gasteiger partial charge in [0.15, 0.2) is 22.0 Å². The van der Waals surface area contributed by atoms with Crippen molar-refractivity contribution in [2.75, 3.05) is 6.61 Å². The van der Waals surface area contributed by atoms with Gasteiger partial charge in [-0.2, -0.15) is 8.78 Å². The third-order valence-corrected chi connectivity index (χ3v) is 10.6. The zero-order valence-corrected chi connectivity index (χ0v) is 28.4. The molecule has 3 aliphatic carbocycles. The van der Waals surface area contributed by atoms with Crippen LogP contribution in [0.2, 0.25) is 0 Å². The summed E-state index contributed by atoms with van der Waals surface area (Å²) in [6, 6.07) is 18.4. The van der Waals surface area contributed by atoms with Crippen molar-refractivity contribution in [3.8, 4) is 5.75 Å². The molecule has 0 radical (unpaired) electrons. The fraction of sp³-hybridized carbons (Fsp3) is 0.286. The topological polar surface area (TPSA) is 110 Å². The first kappa shape index (κ1) is 31.9. The van der Waals surface area contributed by atoms with Gasteiger partial charge in [-0.15, -0.1) is 0 Å². The van der Waals surface area contributed by atoms with Crippen molar-refractivity contribution in [3.05, 3.63) is 93.6 Å². The number of hydrogen-bond donors (Lipinski definition) is 0. The molecule has 0 aliphatic heterocycles. The zero-order chi connectivity index (χ0) is 30.6. The third-order valence-electron chi connectivity index (χ3n) is 7.46. The Morgan fingerprint density at radius 2 is 1.29 bits per heavy atom. The minimum atomic E-state index is -6.27. The van der Waals surface area contributed by atoms with Crippen LogP contribution in [0, 0.1) is 22.5 Å². The molecule has 0 heterocycles. The predicted octanol–water partition coefficient (Wildman–Crippen LogP) is 6.34. The second-order valence-corrected chi connectivity index (χ2v) is 14.8. The van der Waals surface area contributed by atoms with Gasteiger partial charge in [-0.05, 0) is 102 Å². The maximum Gasteiger partial charge on any atom is 0.364 e. The number of halogens is 6. The molecule has 0 fully saturated rings. The van der Waals surface area contributed by atoms with Crippen LogP contribution in [-0.4, -0.2) is 42.9 Å². The van der Waals surface area contributed by atoms with Gasteiger partial charge in [-0.3, -0.25) is 9.59 Å². The Hall–Kier alpha value is -1.51. The van der Waals surface area contributed by atoms with Crippen molar-refractivity contribution in [1.82, 2.24) is 0 Å². The molecule has 3 unspecified atom stereocenters. The summed E-state index contributed by atoms with van der Waals surface area (Å²) in [6.45, 7) is -0.934. The molecule has 3 atom stereocenters. The van der Waals surface area contributed by atoms with Gasteiger partial charge in [0.1, 0.15) is 0 Å². The van der Waals surface area contributed by atoms with Crippen LogP contribution in [0.5, 0.6) is 5.75 Å². The van der Waals surface area contributed by atoms with Gasteiger partial charge in [-0.25, -0.2) is 12.8 Å². The van der Waals surface area contributed by atoms with E-state index in [9.17, 15) is 35.7 Å². The van der Waals surface area contributed by atoms with Crippen molar-refractivity contribution in [3.63, 3.8) is 0 Å². The smallest absolute Gasteiger partial charge is 0.364 e. The molecular formula is C28H19F3I3O7S-. The lowest BCUT2D eigenvalue weighted by molar-refractivity contribution is -0.160. The minimum absolute atomic E-state index is 0.332. The second-order valence-electron chi connectivity index (χ2n) is 9.82. The molecule has 0 aromatic heterocycles. The number of esters is 2. The zero-order valence-electron chi connectivity index (χ0n) is 21.1. The molecule has 42 heavy (non-hydrogen) atoms. The lowest BCUT2D eigenvalue weighted by atomic mass is 9.54. The molecule has 0 amide bonds. The van der Waals surface area contributed by atoms with Gasteiger partial charge >= 0.3 is 17.2 Å². The molecule has 0 N–H and O–H groups in total. The van der Waals surface area contributed by atoms with E-state index >= 15 is 0 Å². The van der Waals surface area contributed by atoms with E-state index in [1.54, 1.807) is 12.1 Å². The molecule has 3 aliphatic rings. The normalized spacial score (nSPS) is 21.7. The minimum Gasteiger partial charge on any atom is -0.743 e. The summed E-state index contributed by atoms with van der Waals surface area (Å²) in [6.07, 6.45) is -4.62. The van der Waals surface area contributed by atoms with Crippen LogP contribution < -0.4 is 4.74 Å². The molecule has 0 saturated heterocycles. The Morgan fingerprint density at radius 1 is 0.857 bits per heavy atom. The Kier molecular flexibility index (Phi) is 9.20. The van der Waals surface area contributed by atoms with E-state index in [2.05, 4.69) is 67.8 Å². The van der Waals surface area contributed by atoms with Crippen molar-refractivity contribution in [1.29, 1.82) is 0 Å². The largest absolute Gasteiger partial charge is 0.743 e. The summed E-state index contributed by atoms with van der Waals surface area (Å²) < 4.78 is 87.2. The molecule has 3 aromatic rings. The van der Waals surface area contributed by atoms with Crippen molar-refractivity contribution >= 4 is 89.8 Å². The quantitative estimate of drug-likeness (QED) is 0.112. The first-order chi connectivity index (χ1) is 19.7. The monoisotopic (exact) mass is 937 g/mol. The van der Waals surface area contributed by atoms with Gasteiger partial charge in [0.05, 0.1) is 25.6 Å². The van der Waals surface area contributed by atoms with Crippen LogP contribution >= 0.6 is 67.8 Å². The molecule has 6 rings (SSSR count). The SMILES string of the molecule is O=C(OCCC(F)C(F)(F)S(=O)(=O)[O-])C1C2c3ccccc3C(c3ccccc32)C1C(=O)Oc1c(I)cc(I)cc1I. The Morgan fingerprint density at radius 3 is 1.71 bits per heavy atom. The summed E-state index contributed by atoms with van der Waals surface area (Å²) in [5.74, 6) is -4.82. The van der Waals surface area contributed by atoms with Gasteiger partial charge < -0.3 is 14.0 Å². The first-order valence-electron chi connectivity index (χ1n) is 12.4. The van der Waals surface area contributed by atoms with E-state index in [1.165, 1.54) is 0 Å². The molecule has 2 bridgehead atoms. The van der Waals surface area contributed by atoms with E-state index in [0.717, 1.165) is 25.8 Å². The summed E-state index contributed by atoms with van der Waals surface area (Å²) in [7, 11) is -6.27. The maximum absolute atomic E-state index is 14.1. The van der Waals surface area contributed by atoms with Crippen LogP contribution in [-0.2, 0) is 24.4 Å². The van der Waals surface area contributed by atoms with Crippen LogP contribution in [0.15, 0.2) is 60.7 Å². The number of carbonyl (C=O) groups excluding carboxylic acids is 2. The number of benzene rings is 3. The third kappa shape index (κ3) is 5.69. The van der Waals surface area contributed by atoms with Crippen LogP contribution in [0.25, 0.3) is 0 Å². The van der Waals surface area contributed by atoms with E-state index in [-0.39, 0.29) is 0 Å². The summed E-state index contributed by atoms with van der Waals surface area (Å²) in [5.41, 5.74) is 3.25. The van der Waals surface area contributed by atoms with Gasteiger partial charge in [-0.1, -0.05) is 48.5 Å². The molecule has 0 saturated carbocycles. The number of carbonyl (C=O) groups is 2. The lowest BCUT2D eigenvalue weighted by Gasteiger charge is -2.48.